The van der Waals surface area contributed by atoms with Crippen molar-refractivity contribution in [3.8, 4) is 11.5 Å². The summed E-state index contributed by atoms with van der Waals surface area (Å²) >= 11 is 0. The Morgan fingerprint density at radius 2 is 0.897 bits per heavy atom. The molecule has 0 aliphatic rings. The summed E-state index contributed by atoms with van der Waals surface area (Å²) in [6, 6.07) is 0.598. The van der Waals surface area contributed by atoms with E-state index in [-0.39, 0.29) is 50.2 Å². The monoisotopic (exact) mass is 605 g/mol. The topological polar surface area (TPSA) is 38.8 Å². The van der Waals surface area contributed by atoms with E-state index < -0.39 is 66.2 Å². The molecule has 2 aromatic rings. The lowest BCUT2D eigenvalue weighted by Gasteiger charge is -2.30. The van der Waals surface area contributed by atoms with Gasteiger partial charge in [0, 0.05) is 13.1 Å². The smallest absolute Gasteiger partial charge is 0.404 e. The number of hydrogen-bond donors (Lipinski definition) is 0. The van der Waals surface area contributed by atoms with Crippen LogP contribution in [0, 0.1) is 0 Å². The van der Waals surface area contributed by atoms with E-state index in [2.05, 4.69) is 0 Å². The van der Waals surface area contributed by atoms with Crippen molar-refractivity contribution in [2.45, 2.75) is 51.4 Å². The van der Waals surface area contributed by atoms with Crippen LogP contribution in [0.25, 0.3) is 0 Å². The maximum Gasteiger partial charge on any atom is 0.515 e. The highest BCUT2D eigenvalue weighted by Gasteiger charge is 2.46. The first-order valence-electron chi connectivity index (χ1n) is 10.9. The summed E-state index contributed by atoms with van der Waals surface area (Å²) in [6.45, 7) is 2.74. The van der Waals surface area contributed by atoms with Gasteiger partial charge in [0.05, 0.1) is 22.3 Å². The van der Waals surface area contributed by atoms with Gasteiger partial charge in [0.25, 0.3) is 0 Å². The van der Waals surface area contributed by atoms with Gasteiger partial charge >= 0.3 is 32.5 Å². The van der Waals surface area contributed by atoms with E-state index in [4.69, 9.17) is 9.05 Å². The average Bonchev–Trinajstić information content (AvgIpc) is 2.76. The minimum atomic E-state index is -5.55. The molecule has 0 saturated carbocycles. The molecule has 0 N–H and O–H groups in total. The number of halogens is 12. The predicted octanol–water partition coefficient (Wildman–Crippen LogP) is 9.45. The molecule has 0 aliphatic heterocycles. The Labute approximate surface area is 214 Å². The molecule has 0 amide bonds. The number of rotatable bonds is 9. The Bertz CT molecular complexity index is 1100. The van der Waals surface area contributed by atoms with Crippen LogP contribution in [0.15, 0.2) is 36.4 Å². The van der Waals surface area contributed by atoms with Crippen LogP contribution in [0.5, 0.6) is 11.5 Å². The van der Waals surface area contributed by atoms with Crippen molar-refractivity contribution >= 4 is 7.75 Å². The Hall–Kier alpha value is -2.61. The van der Waals surface area contributed by atoms with Gasteiger partial charge in [-0.2, -0.15) is 57.4 Å². The maximum atomic E-state index is 13.8. The van der Waals surface area contributed by atoms with Gasteiger partial charge in [0.1, 0.15) is 11.5 Å². The van der Waals surface area contributed by atoms with Gasteiger partial charge < -0.3 is 9.05 Å². The van der Waals surface area contributed by atoms with Gasteiger partial charge in [-0.25, -0.2) is 4.57 Å². The van der Waals surface area contributed by atoms with E-state index in [1.807, 2.05) is 0 Å². The molecule has 17 heteroatoms. The Kier molecular flexibility index (Phi) is 9.59. The minimum absolute atomic E-state index is 0.00631. The second-order valence-corrected chi connectivity index (χ2v) is 9.88. The molecular weight excluding hydrogens is 585 g/mol. The molecule has 39 heavy (non-hydrogen) atoms. The van der Waals surface area contributed by atoms with Crippen LogP contribution in [0.1, 0.15) is 48.9 Å². The van der Waals surface area contributed by atoms with E-state index in [0.29, 0.717) is 12.1 Å². The zero-order valence-corrected chi connectivity index (χ0v) is 20.8. The highest BCUT2D eigenvalue weighted by atomic mass is 31.2. The fraction of sp³-hybridized carbons (Fsp3) is 0.455. The van der Waals surface area contributed by atoms with Gasteiger partial charge in [-0.3, -0.25) is 0 Å². The molecule has 0 spiro atoms. The van der Waals surface area contributed by atoms with Crippen molar-refractivity contribution < 1.29 is 66.3 Å². The predicted molar refractivity (Wildman–Crippen MR) is 114 cm³/mol. The first-order valence-corrected chi connectivity index (χ1v) is 12.4. The molecule has 0 saturated heterocycles. The summed E-state index contributed by atoms with van der Waals surface area (Å²) in [5, 5.41) is 0. The number of nitrogens with zero attached hydrogens (tertiary/aromatic N) is 1. The number of benzene rings is 2. The lowest BCUT2D eigenvalue weighted by atomic mass is 10.1. The third kappa shape index (κ3) is 8.19. The van der Waals surface area contributed by atoms with E-state index in [1.54, 1.807) is 13.8 Å². The van der Waals surface area contributed by atoms with Gasteiger partial charge in [-0.1, -0.05) is 13.8 Å². The van der Waals surface area contributed by atoms with Crippen molar-refractivity contribution in [3.63, 3.8) is 0 Å². The number of hydrogen-bond acceptors (Lipinski definition) is 3. The SMILES string of the molecule is CCCN(CCC)P(=O)(Oc1ccc(C(F)(F)F)c(C(F)(F)F)c1)Oc1ccc(C(F)(F)F)c(C(F)(F)F)c1. The molecule has 2 aromatic carbocycles. The van der Waals surface area contributed by atoms with Crippen LogP contribution in [-0.2, 0) is 29.3 Å². The van der Waals surface area contributed by atoms with Gasteiger partial charge in [0.2, 0.25) is 0 Å². The summed E-state index contributed by atoms with van der Waals surface area (Å²) in [7, 11) is -5.03. The van der Waals surface area contributed by atoms with Gasteiger partial charge in [-0.15, -0.1) is 0 Å². The molecule has 4 nitrogen and oxygen atoms in total. The summed E-state index contributed by atoms with van der Waals surface area (Å²) in [5.41, 5.74) is -8.58. The molecule has 0 atom stereocenters. The van der Waals surface area contributed by atoms with Crippen molar-refractivity contribution in [3.05, 3.63) is 58.7 Å². The first-order chi connectivity index (χ1) is 17.6. The highest BCUT2D eigenvalue weighted by Crippen LogP contribution is 2.54. The lowest BCUT2D eigenvalue weighted by molar-refractivity contribution is -0.162. The largest absolute Gasteiger partial charge is 0.515 e. The Morgan fingerprint density at radius 1 is 0.590 bits per heavy atom. The van der Waals surface area contributed by atoms with Gasteiger partial charge in [0.15, 0.2) is 0 Å². The molecule has 220 valence electrons. The van der Waals surface area contributed by atoms with Crippen LogP contribution in [-0.4, -0.2) is 17.8 Å². The normalized spacial score (nSPS) is 13.6. The Balaban J connectivity index is 2.68. The van der Waals surface area contributed by atoms with E-state index in [0.717, 1.165) is 4.67 Å². The first kappa shape index (κ1) is 32.6. The van der Waals surface area contributed by atoms with Crippen LogP contribution in [0.3, 0.4) is 0 Å². The van der Waals surface area contributed by atoms with Crippen LogP contribution in [0.2, 0.25) is 0 Å². The molecule has 0 radical (unpaired) electrons. The summed E-state index contributed by atoms with van der Waals surface area (Å²) in [5.74, 6) is -2.09. The highest BCUT2D eigenvalue weighted by molar-refractivity contribution is 7.52. The quantitative estimate of drug-likeness (QED) is 0.211. The molecule has 0 fully saturated rings. The second kappa shape index (κ2) is 11.5. The summed E-state index contributed by atoms with van der Waals surface area (Å²) in [6.07, 6.45) is -21.6. The molecule has 0 heterocycles. The van der Waals surface area contributed by atoms with E-state index in [1.165, 1.54) is 0 Å². The van der Waals surface area contributed by atoms with Crippen molar-refractivity contribution in [1.29, 1.82) is 0 Å². The molecule has 0 bridgehead atoms. The van der Waals surface area contributed by atoms with Gasteiger partial charge in [-0.05, 0) is 49.2 Å². The van der Waals surface area contributed by atoms with Crippen molar-refractivity contribution in [2.75, 3.05) is 13.1 Å². The molecule has 0 aliphatic carbocycles. The van der Waals surface area contributed by atoms with E-state index in [9.17, 15) is 57.3 Å². The average molecular weight is 605 g/mol. The van der Waals surface area contributed by atoms with E-state index >= 15 is 0 Å². The van der Waals surface area contributed by atoms with Crippen LogP contribution >= 0.6 is 7.75 Å². The lowest BCUT2D eigenvalue weighted by Crippen LogP contribution is -2.28. The van der Waals surface area contributed by atoms with Crippen molar-refractivity contribution in [1.82, 2.24) is 4.67 Å². The van der Waals surface area contributed by atoms with Crippen LogP contribution in [0.4, 0.5) is 52.7 Å². The minimum Gasteiger partial charge on any atom is -0.404 e. The second-order valence-electron chi connectivity index (χ2n) is 8.01. The number of alkyl halides is 12. The van der Waals surface area contributed by atoms with Crippen molar-refractivity contribution in [2.24, 2.45) is 0 Å². The fourth-order valence-corrected chi connectivity index (χ4v) is 5.32. The Morgan fingerprint density at radius 3 is 1.15 bits per heavy atom. The molecular formula is C22H20F12NO3P. The zero-order chi connectivity index (χ0) is 30.0. The van der Waals surface area contributed by atoms with Crippen LogP contribution < -0.4 is 9.05 Å². The third-order valence-electron chi connectivity index (χ3n) is 4.96. The maximum absolute atomic E-state index is 13.8. The molecule has 2 rings (SSSR count). The zero-order valence-electron chi connectivity index (χ0n) is 19.9. The standard InChI is InChI=1S/C22H20F12NO3P/c1-3-9-35(10-4-2)39(36,37-13-5-7-15(19(23,24)25)17(11-13)21(29,30)31)38-14-6-8-16(20(26,27)28)18(12-14)22(32,33)34/h5-8,11-12H,3-4,9-10H2,1-2H3. The third-order valence-corrected chi connectivity index (χ3v) is 6.93. The fourth-order valence-electron chi connectivity index (χ4n) is 3.40. The summed E-state index contributed by atoms with van der Waals surface area (Å²) in [4.78, 5) is 0. The molecule has 0 unspecified atom stereocenters. The molecule has 0 aromatic heterocycles. The summed E-state index contributed by atoms with van der Waals surface area (Å²) < 4.78 is 184.